The molecule has 0 spiro atoms. The number of allylic oxidation sites excluding steroid dienone is 1. The van der Waals surface area contributed by atoms with Gasteiger partial charge in [0, 0.05) is 5.56 Å². The molecule has 5 heteroatoms. The van der Waals surface area contributed by atoms with E-state index in [1.54, 1.807) is 18.2 Å². The van der Waals surface area contributed by atoms with E-state index in [0.29, 0.717) is 22.5 Å². The number of hydrogen-bond donors (Lipinski definition) is 2. The minimum absolute atomic E-state index is 0.270. The van der Waals surface area contributed by atoms with Gasteiger partial charge in [0.15, 0.2) is 0 Å². The van der Waals surface area contributed by atoms with Crippen LogP contribution in [0.3, 0.4) is 0 Å². The fraction of sp³-hybridized carbons (Fsp3) is 0.227. The van der Waals surface area contributed by atoms with Gasteiger partial charge in [-0.25, -0.2) is 0 Å². The lowest BCUT2D eigenvalue weighted by Gasteiger charge is -2.32. The standard InChI is InChI=1S/C22H21F3NO/c1-14-6-8-16(9-7-14)12-26-13-21(27)20-11-17(22(23,24)25)10-19-15(2)4-3-5-18(19)20/h3-11,21,26-27H,2,12-13H2,1H3/q-1/p+1. The lowest BCUT2D eigenvalue weighted by molar-refractivity contribution is -0.675. The lowest BCUT2D eigenvalue weighted by atomic mass is 9.85. The highest BCUT2D eigenvalue weighted by molar-refractivity contribution is 5.62. The summed E-state index contributed by atoms with van der Waals surface area (Å²) in [4.78, 5) is 0. The monoisotopic (exact) mass is 373 g/mol. The van der Waals surface area contributed by atoms with Crippen molar-refractivity contribution >= 4 is 12.7 Å². The van der Waals surface area contributed by atoms with Crippen LogP contribution in [0, 0.1) is 12.8 Å². The molecule has 27 heavy (non-hydrogen) atoms. The highest BCUT2D eigenvalue weighted by Gasteiger charge is 2.31. The molecule has 2 aromatic rings. The predicted molar refractivity (Wildman–Crippen MR) is 99.8 cm³/mol. The maximum atomic E-state index is 13.3. The number of hydrogen-bond acceptors (Lipinski definition) is 1. The van der Waals surface area contributed by atoms with Gasteiger partial charge in [-0.1, -0.05) is 47.0 Å². The molecule has 0 aromatic heterocycles. The van der Waals surface area contributed by atoms with Crippen LogP contribution in [-0.4, -0.2) is 23.9 Å². The first-order valence-electron chi connectivity index (χ1n) is 8.77. The van der Waals surface area contributed by atoms with Gasteiger partial charge >= 0.3 is 6.18 Å². The number of rotatable bonds is 5. The first-order valence-corrected chi connectivity index (χ1v) is 8.77. The molecule has 3 N–H and O–H groups in total. The van der Waals surface area contributed by atoms with Gasteiger partial charge in [-0.3, -0.25) is 0 Å². The Hall–Kier alpha value is -2.50. The van der Waals surface area contributed by atoms with Gasteiger partial charge in [0.05, 0.1) is 12.6 Å². The molecule has 0 amide bonds. The van der Waals surface area contributed by atoms with Gasteiger partial charge in [-0.2, -0.15) is 13.2 Å². The largest absolute Gasteiger partial charge is 0.392 e. The maximum absolute atomic E-state index is 13.3. The van der Waals surface area contributed by atoms with Crippen LogP contribution < -0.4 is 15.8 Å². The molecule has 0 fully saturated rings. The van der Waals surface area contributed by atoms with Gasteiger partial charge in [-0.05, 0) is 12.5 Å². The number of aliphatic hydroxyl groups is 1. The molecule has 2 nitrogen and oxygen atoms in total. The van der Waals surface area contributed by atoms with Crippen molar-refractivity contribution < 1.29 is 23.6 Å². The zero-order valence-electron chi connectivity index (χ0n) is 15.1. The Morgan fingerprint density at radius 3 is 2.52 bits per heavy atom. The number of halogens is 3. The maximum Gasteiger partial charge on any atom is 0.381 e. The number of aliphatic hydroxyl groups excluding tert-OH is 1. The summed E-state index contributed by atoms with van der Waals surface area (Å²) in [6.45, 7) is 6.75. The van der Waals surface area contributed by atoms with Crippen LogP contribution in [0.1, 0.15) is 16.7 Å². The minimum atomic E-state index is -4.48. The Morgan fingerprint density at radius 1 is 1.15 bits per heavy atom. The molecular formula is C22H22F3NO. The summed E-state index contributed by atoms with van der Waals surface area (Å²) in [6, 6.07) is 13.2. The second-order valence-corrected chi connectivity index (χ2v) is 6.81. The summed E-state index contributed by atoms with van der Waals surface area (Å²) in [5, 5.41) is 13.4. The summed E-state index contributed by atoms with van der Waals surface area (Å²) < 4.78 is 39.9. The third-order valence-corrected chi connectivity index (χ3v) is 4.70. The first-order chi connectivity index (χ1) is 12.8. The number of fused-ring (bicyclic) bond motifs is 1. The van der Waals surface area contributed by atoms with Gasteiger partial charge in [0.25, 0.3) is 0 Å². The molecule has 1 aliphatic carbocycles. The molecule has 0 heterocycles. The molecular weight excluding hydrogens is 351 g/mol. The van der Waals surface area contributed by atoms with E-state index in [0.717, 1.165) is 23.3 Å². The third kappa shape index (κ3) is 4.43. The zero-order valence-corrected chi connectivity index (χ0v) is 15.1. The van der Waals surface area contributed by atoms with E-state index in [4.69, 9.17) is 0 Å². The van der Waals surface area contributed by atoms with E-state index in [1.807, 2.05) is 36.5 Å². The fourth-order valence-corrected chi connectivity index (χ4v) is 3.18. The van der Waals surface area contributed by atoms with Crippen LogP contribution in [0.25, 0.3) is 12.7 Å². The van der Waals surface area contributed by atoms with Crippen LogP contribution in [-0.2, 0) is 6.54 Å². The van der Waals surface area contributed by atoms with E-state index in [9.17, 15) is 18.3 Å². The molecule has 0 saturated heterocycles. The highest BCUT2D eigenvalue weighted by atomic mass is 19.4. The van der Waals surface area contributed by atoms with Crippen LogP contribution in [0.4, 0.5) is 13.2 Å². The summed E-state index contributed by atoms with van der Waals surface area (Å²) >= 11 is 0. The average Bonchev–Trinajstić information content (AvgIpc) is 2.62. The molecule has 0 aliphatic heterocycles. The van der Waals surface area contributed by atoms with Crippen molar-refractivity contribution in [3.05, 3.63) is 87.2 Å². The summed E-state index contributed by atoms with van der Waals surface area (Å²) in [5.41, 5.74) is 2.10. The minimum Gasteiger partial charge on any atom is -0.392 e. The molecule has 0 radical (unpaired) electrons. The van der Waals surface area contributed by atoms with Crippen molar-refractivity contribution in [1.82, 2.24) is 0 Å². The van der Waals surface area contributed by atoms with Crippen molar-refractivity contribution in [2.45, 2.75) is 25.7 Å². The van der Waals surface area contributed by atoms with Gasteiger partial charge in [0.1, 0.15) is 6.54 Å². The molecule has 142 valence electrons. The van der Waals surface area contributed by atoms with Crippen LogP contribution in [0.15, 0.2) is 54.1 Å². The van der Waals surface area contributed by atoms with Gasteiger partial charge in [-0.15, -0.1) is 41.6 Å². The number of aryl methyl sites for hydroxylation is 1. The van der Waals surface area contributed by atoms with Crippen molar-refractivity contribution in [2.24, 2.45) is 0 Å². The zero-order chi connectivity index (χ0) is 19.6. The second-order valence-electron chi connectivity index (χ2n) is 6.81. The number of alkyl halides is 3. The number of quaternary nitrogens is 1. The highest BCUT2D eigenvalue weighted by Crippen LogP contribution is 2.32. The van der Waals surface area contributed by atoms with Crippen molar-refractivity contribution in [3.8, 4) is 0 Å². The van der Waals surface area contributed by atoms with Gasteiger partial charge in [0.2, 0.25) is 0 Å². The second kappa shape index (κ2) is 7.62. The molecule has 1 atom stereocenters. The average molecular weight is 373 g/mol. The molecule has 3 rings (SSSR count). The summed E-state index contributed by atoms with van der Waals surface area (Å²) in [7, 11) is 0. The van der Waals surface area contributed by atoms with E-state index in [1.165, 1.54) is 0 Å². The molecule has 2 aromatic carbocycles. The Morgan fingerprint density at radius 2 is 1.85 bits per heavy atom. The molecule has 1 aliphatic rings. The molecule has 0 bridgehead atoms. The third-order valence-electron chi connectivity index (χ3n) is 4.70. The first kappa shape index (κ1) is 19.3. The number of benzene rings is 2. The van der Waals surface area contributed by atoms with Crippen LogP contribution in [0.2, 0.25) is 0 Å². The van der Waals surface area contributed by atoms with Crippen LogP contribution in [0.5, 0.6) is 0 Å². The summed E-state index contributed by atoms with van der Waals surface area (Å²) in [5.74, 6) is 0.283. The van der Waals surface area contributed by atoms with E-state index >= 15 is 0 Å². The van der Waals surface area contributed by atoms with E-state index < -0.39 is 17.9 Å². The smallest absolute Gasteiger partial charge is 0.381 e. The SMILES string of the molecule is C=c1cccc2c1=CC(C(F)(F)F)=C[C-]2C(O)C[NH2+]Cc1ccc(C)cc1. The van der Waals surface area contributed by atoms with Crippen molar-refractivity contribution in [2.75, 3.05) is 6.54 Å². The Bertz CT molecular complexity index is 945. The predicted octanol–water partition coefficient (Wildman–Crippen LogP) is 1.74. The Labute approximate surface area is 156 Å². The Kier molecular flexibility index (Phi) is 5.44. The van der Waals surface area contributed by atoms with E-state index in [-0.39, 0.29) is 12.5 Å². The number of nitrogens with two attached hydrogens (primary N) is 1. The fourth-order valence-electron chi connectivity index (χ4n) is 3.18. The lowest BCUT2D eigenvalue weighted by Crippen LogP contribution is -2.85. The van der Waals surface area contributed by atoms with Crippen molar-refractivity contribution in [3.63, 3.8) is 0 Å². The van der Waals surface area contributed by atoms with Gasteiger partial charge < -0.3 is 10.4 Å². The topological polar surface area (TPSA) is 36.8 Å². The summed E-state index contributed by atoms with van der Waals surface area (Å²) in [6.07, 6.45) is -3.34. The van der Waals surface area contributed by atoms with Crippen molar-refractivity contribution in [1.29, 1.82) is 0 Å². The van der Waals surface area contributed by atoms with Crippen LogP contribution >= 0.6 is 0 Å². The van der Waals surface area contributed by atoms with E-state index in [2.05, 4.69) is 6.58 Å². The normalized spacial score (nSPS) is 15.0. The molecule has 1 unspecified atom stereocenters. The molecule has 0 saturated carbocycles. The Balaban J connectivity index is 1.79. The quantitative estimate of drug-likeness (QED) is 0.770.